The molecular weight excluding hydrogens is 340 g/mol. The number of hydrogen-bond donors (Lipinski definition) is 1. The number of carbonyl (C=O) groups excluding carboxylic acids is 1. The standard InChI is InChI=1S/C19H17ClN2OS/c1-12-7-8-14(13(2)9-12)10-17-18(23)22(19(24)21-17)11-15-5-3-4-6-16(15)20/h3-10H,11H2,1-2H3,(H,21,24)/b17-10-. The predicted molar refractivity (Wildman–Crippen MR) is 102 cm³/mol. The molecule has 1 N–H and O–H groups in total. The van der Waals surface area contributed by atoms with E-state index in [2.05, 4.69) is 11.4 Å². The van der Waals surface area contributed by atoms with Crippen molar-refractivity contribution in [2.45, 2.75) is 20.4 Å². The molecular formula is C19H17ClN2OS. The van der Waals surface area contributed by atoms with Crippen LogP contribution in [0.1, 0.15) is 22.3 Å². The summed E-state index contributed by atoms with van der Waals surface area (Å²) in [5.41, 5.74) is 4.66. The minimum absolute atomic E-state index is 0.139. The lowest BCUT2D eigenvalue weighted by atomic mass is 10.0. The Morgan fingerprint density at radius 2 is 1.96 bits per heavy atom. The molecule has 1 heterocycles. The van der Waals surface area contributed by atoms with Crippen LogP contribution in [0.15, 0.2) is 48.2 Å². The Hall–Kier alpha value is -2.17. The predicted octanol–water partition coefficient (Wildman–Crippen LogP) is 4.21. The van der Waals surface area contributed by atoms with Crippen molar-refractivity contribution in [3.63, 3.8) is 0 Å². The van der Waals surface area contributed by atoms with Gasteiger partial charge in [-0.25, -0.2) is 0 Å². The Labute approximate surface area is 151 Å². The SMILES string of the molecule is Cc1ccc(/C=C2\NC(=S)N(Cc3ccccc3Cl)C2=O)c(C)c1. The van der Waals surface area contributed by atoms with Crippen LogP contribution in [-0.4, -0.2) is 15.9 Å². The van der Waals surface area contributed by atoms with Gasteiger partial charge in [-0.15, -0.1) is 0 Å². The van der Waals surface area contributed by atoms with Crippen molar-refractivity contribution in [3.8, 4) is 0 Å². The third kappa shape index (κ3) is 3.35. The van der Waals surface area contributed by atoms with Gasteiger partial charge < -0.3 is 5.32 Å². The summed E-state index contributed by atoms with van der Waals surface area (Å²) < 4.78 is 0. The van der Waals surface area contributed by atoms with Crippen molar-refractivity contribution in [1.29, 1.82) is 0 Å². The number of rotatable bonds is 3. The van der Waals surface area contributed by atoms with Crippen molar-refractivity contribution in [1.82, 2.24) is 10.2 Å². The third-order valence-corrected chi connectivity index (χ3v) is 4.66. The zero-order chi connectivity index (χ0) is 17.3. The van der Waals surface area contributed by atoms with Crippen LogP contribution in [0.2, 0.25) is 5.02 Å². The summed E-state index contributed by atoms with van der Waals surface area (Å²) >= 11 is 11.5. The van der Waals surface area contributed by atoms with Crippen molar-refractivity contribution in [2.75, 3.05) is 0 Å². The first kappa shape index (κ1) is 16.7. The first-order chi connectivity index (χ1) is 11.5. The van der Waals surface area contributed by atoms with Gasteiger partial charge in [-0.3, -0.25) is 9.69 Å². The van der Waals surface area contributed by atoms with Gasteiger partial charge in [0.1, 0.15) is 5.70 Å². The van der Waals surface area contributed by atoms with Crippen LogP contribution in [0.4, 0.5) is 0 Å². The van der Waals surface area contributed by atoms with Crippen molar-refractivity contribution >= 4 is 40.9 Å². The Balaban J connectivity index is 1.86. The molecule has 1 aliphatic rings. The monoisotopic (exact) mass is 356 g/mol. The molecule has 0 aliphatic carbocycles. The number of hydrogen-bond acceptors (Lipinski definition) is 2. The Kier molecular flexibility index (Phi) is 4.69. The Morgan fingerprint density at radius 1 is 1.21 bits per heavy atom. The molecule has 0 radical (unpaired) electrons. The van der Waals surface area contributed by atoms with Crippen molar-refractivity contribution in [3.05, 3.63) is 75.4 Å². The highest BCUT2D eigenvalue weighted by Crippen LogP contribution is 2.22. The maximum absolute atomic E-state index is 12.7. The molecule has 0 bridgehead atoms. The number of thiocarbonyl (C=S) groups is 1. The van der Waals surface area contributed by atoms with Gasteiger partial charge in [0.25, 0.3) is 5.91 Å². The van der Waals surface area contributed by atoms with Crippen LogP contribution in [0.5, 0.6) is 0 Å². The summed E-state index contributed by atoms with van der Waals surface area (Å²) in [4.78, 5) is 14.2. The minimum atomic E-state index is -0.139. The number of carbonyl (C=O) groups is 1. The molecule has 2 aromatic rings. The van der Waals surface area contributed by atoms with E-state index in [-0.39, 0.29) is 5.91 Å². The van der Waals surface area contributed by atoms with E-state index in [4.69, 9.17) is 23.8 Å². The number of nitrogens with one attached hydrogen (secondary N) is 1. The molecule has 5 heteroatoms. The van der Waals surface area contributed by atoms with Crippen molar-refractivity contribution < 1.29 is 4.79 Å². The molecule has 1 saturated heterocycles. The molecule has 24 heavy (non-hydrogen) atoms. The first-order valence-electron chi connectivity index (χ1n) is 7.61. The molecule has 3 nitrogen and oxygen atoms in total. The summed E-state index contributed by atoms with van der Waals surface area (Å²) in [6, 6.07) is 13.6. The topological polar surface area (TPSA) is 32.3 Å². The fourth-order valence-electron chi connectivity index (χ4n) is 2.66. The number of benzene rings is 2. The van der Waals surface area contributed by atoms with Crippen molar-refractivity contribution in [2.24, 2.45) is 0 Å². The van der Waals surface area contributed by atoms with E-state index in [1.807, 2.05) is 50.3 Å². The zero-order valence-electron chi connectivity index (χ0n) is 13.5. The quantitative estimate of drug-likeness (QED) is 0.660. The largest absolute Gasteiger partial charge is 0.328 e. The molecule has 0 spiro atoms. The molecule has 0 saturated carbocycles. The molecule has 0 aromatic heterocycles. The average Bonchev–Trinajstić information content (AvgIpc) is 2.79. The van der Waals surface area contributed by atoms with Crippen LogP contribution in [0, 0.1) is 13.8 Å². The maximum Gasteiger partial charge on any atom is 0.276 e. The van der Waals surface area contributed by atoms with E-state index in [1.165, 1.54) is 10.5 Å². The van der Waals surface area contributed by atoms with Gasteiger partial charge in [0, 0.05) is 5.02 Å². The van der Waals surface area contributed by atoms with E-state index >= 15 is 0 Å². The van der Waals surface area contributed by atoms with E-state index < -0.39 is 0 Å². The fourth-order valence-corrected chi connectivity index (χ4v) is 3.11. The summed E-state index contributed by atoms with van der Waals surface area (Å²) in [5.74, 6) is -0.139. The second-order valence-electron chi connectivity index (χ2n) is 5.83. The average molecular weight is 357 g/mol. The number of aryl methyl sites for hydroxylation is 2. The molecule has 0 atom stereocenters. The molecule has 0 unspecified atom stereocenters. The molecule has 3 rings (SSSR count). The molecule has 2 aromatic carbocycles. The van der Waals surface area contributed by atoms with Crippen LogP contribution < -0.4 is 5.32 Å². The van der Waals surface area contributed by atoms with E-state index in [1.54, 1.807) is 6.07 Å². The molecule has 1 aliphatic heterocycles. The summed E-state index contributed by atoms with van der Waals surface area (Å²) in [7, 11) is 0. The van der Waals surface area contributed by atoms with Gasteiger partial charge in [-0.05, 0) is 54.9 Å². The lowest BCUT2D eigenvalue weighted by molar-refractivity contribution is -0.122. The molecule has 122 valence electrons. The second kappa shape index (κ2) is 6.75. The Bertz CT molecular complexity index is 860. The highest BCUT2D eigenvalue weighted by atomic mass is 35.5. The molecule has 1 fully saturated rings. The summed E-state index contributed by atoms with van der Waals surface area (Å²) in [5, 5.41) is 4.03. The summed E-state index contributed by atoms with van der Waals surface area (Å²) in [6.45, 7) is 4.43. The van der Waals surface area contributed by atoms with Gasteiger partial charge in [-0.2, -0.15) is 0 Å². The van der Waals surface area contributed by atoms with E-state index in [0.717, 1.165) is 16.7 Å². The lowest BCUT2D eigenvalue weighted by Gasteiger charge is -2.14. The normalized spacial score (nSPS) is 16.0. The Morgan fingerprint density at radius 3 is 2.67 bits per heavy atom. The summed E-state index contributed by atoms with van der Waals surface area (Å²) in [6.07, 6.45) is 1.84. The zero-order valence-corrected chi connectivity index (χ0v) is 15.0. The maximum atomic E-state index is 12.7. The van der Waals surface area contributed by atoms with Gasteiger partial charge in [-0.1, -0.05) is 53.6 Å². The number of halogens is 1. The second-order valence-corrected chi connectivity index (χ2v) is 6.62. The smallest absolute Gasteiger partial charge is 0.276 e. The number of nitrogens with zero attached hydrogens (tertiary/aromatic N) is 1. The lowest BCUT2D eigenvalue weighted by Crippen LogP contribution is -2.30. The molecule has 1 amide bonds. The highest BCUT2D eigenvalue weighted by molar-refractivity contribution is 7.80. The van der Waals surface area contributed by atoms with Crippen LogP contribution in [0.3, 0.4) is 0 Å². The van der Waals surface area contributed by atoms with Gasteiger partial charge in [0.15, 0.2) is 5.11 Å². The van der Waals surface area contributed by atoms with Crippen LogP contribution in [0.25, 0.3) is 6.08 Å². The highest BCUT2D eigenvalue weighted by Gasteiger charge is 2.31. The van der Waals surface area contributed by atoms with Gasteiger partial charge in [0.05, 0.1) is 6.54 Å². The number of amides is 1. The van der Waals surface area contributed by atoms with Gasteiger partial charge >= 0.3 is 0 Å². The third-order valence-electron chi connectivity index (χ3n) is 3.97. The minimum Gasteiger partial charge on any atom is -0.328 e. The van der Waals surface area contributed by atoms with E-state index in [9.17, 15) is 4.79 Å². The fraction of sp³-hybridized carbons (Fsp3) is 0.158. The van der Waals surface area contributed by atoms with Crippen LogP contribution in [-0.2, 0) is 11.3 Å². The van der Waals surface area contributed by atoms with Crippen LogP contribution >= 0.6 is 23.8 Å². The first-order valence-corrected chi connectivity index (χ1v) is 8.39. The van der Waals surface area contributed by atoms with Gasteiger partial charge in [0.2, 0.25) is 0 Å². The van der Waals surface area contributed by atoms with E-state index in [0.29, 0.717) is 22.4 Å².